The minimum absolute atomic E-state index is 0.221. The number of anilines is 1. The zero-order valence-electron chi connectivity index (χ0n) is 13.9. The topological polar surface area (TPSA) is 70.2 Å². The molecule has 6 nitrogen and oxygen atoms in total. The highest BCUT2D eigenvalue weighted by molar-refractivity contribution is 5.92. The van der Waals surface area contributed by atoms with E-state index >= 15 is 0 Å². The first-order valence-corrected chi connectivity index (χ1v) is 7.78. The molecular formula is C17H22FN5O. The molecule has 2 N–H and O–H groups in total. The number of benzene rings is 1. The number of likely N-dealkylation sites (N-methyl/N-ethyl adjacent to an activating group) is 1. The van der Waals surface area contributed by atoms with E-state index in [1.165, 1.54) is 18.5 Å². The molecule has 1 aromatic heterocycles. The quantitative estimate of drug-likeness (QED) is 0.768. The van der Waals surface area contributed by atoms with Gasteiger partial charge in [-0.05, 0) is 38.2 Å². The average molecular weight is 331 g/mol. The van der Waals surface area contributed by atoms with Gasteiger partial charge in [0, 0.05) is 25.7 Å². The first kappa shape index (κ1) is 17.8. The molecule has 2 aromatic rings. The van der Waals surface area contributed by atoms with Crippen LogP contribution < -0.4 is 10.6 Å². The average Bonchev–Trinajstić information content (AvgIpc) is 2.56. The number of rotatable bonds is 8. The number of nitrogens with one attached hydrogen (secondary N) is 2. The summed E-state index contributed by atoms with van der Waals surface area (Å²) in [5.41, 5.74) is 1.35. The minimum Gasteiger partial charge on any atom is -0.370 e. The maximum Gasteiger partial charge on any atom is 0.270 e. The van der Waals surface area contributed by atoms with Gasteiger partial charge in [-0.15, -0.1) is 0 Å². The Kier molecular flexibility index (Phi) is 6.62. The molecule has 0 atom stereocenters. The fourth-order valence-corrected chi connectivity index (χ4v) is 2.05. The zero-order valence-corrected chi connectivity index (χ0v) is 13.9. The van der Waals surface area contributed by atoms with Gasteiger partial charge in [-0.25, -0.2) is 14.4 Å². The van der Waals surface area contributed by atoms with Gasteiger partial charge in [0.25, 0.3) is 5.91 Å². The van der Waals surface area contributed by atoms with Crippen LogP contribution in [0.2, 0.25) is 0 Å². The van der Waals surface area contributed by atoms with Crippen molar-refractivity contribution in [3.63, 3.8) is 0 Å². The van der Waals surface area contributed by atoms with Crippen LogP contribution in [0.25, 0.3) is 0 Å². The maximum atomic E-state index is 12.9. The maximum absolute atomic E-state index is 12.9. The fourth-order valence-electron chi connectivity index (χ4n) is 2.05. The third-order valence-corrected chi connectivity index (χ3v) is 3.38. The van der Waals surface area contributed by atoms with E-state index in [9.17, 15) is 9.18 Å². The number of aromatic nitrogens is 2. The lowest BCUT2D eigenvalue weighted by Gasteiger charge is -2.10. The Morgan fingerprint density at radius 3 is 2.62 bits per heavy atom. The lowest BCUT2D eigenvalue weighted by Crippen LogP contribution is -2.31. The number of nitrogens with zero attached hydrogens (tertiary/aromatic N) is 3. The first-order chi connectivity index (χ1) is 11.5. The molecule has 0 saturated heterocycles. The number of halogens is 1. The minimum atomic E-state index is -0.243. The van der Waals surface area contributed by atoms with Crippen LogP contribution >= 0.6 is 0 Å². The number of hydrogen-bond donors (Lipinski definition) is 2. The van der Waals surface area contributed by atoms with Crippen LogP contribution in [0.5, 0.6) is 0 Å². The lowest BCUT2D eigenvalue weighted by atomic mass is 10.1. The third-order valence-electron chi connectivity index (χ3n) is 3.38. The predicted octanol–water partition coefficient (Wildman–Crippen LogP) is 1.56. The van der Waals surface area contributed by atoms with Crippen molar-refractivity contribution >= 4 is 11.7 Å². The molecule has 0 saturated carbocycles. The second-order valence-electron chi connectivity index (χ2n) is 5.65. The van der Waals surface area contributed by atoms with Crippen molar-refractivity contribution in [1.29, 1.82) is 0 Å². The summed E-state index contributed by atoms with van der Waals surface area (Å²) in [4.78, 5) is 22.1. The van der Waals surface area contributed by atoms with Gasteiger partial charge in [0.15, 0.2) is 0 Å². The van der Waals surface area contributed by atoms with Gasteiger partial charge in [0.2, 0.25) is 0 Å². The summed E-state index contributed by atoms with van der Waals surface area (Å²) in [6, 6.07) is 8.00. The Morgan fingerprint density at radius 1 is 1.17 bits per heavy atom. The number of carbonyl (C=O) groups excluding carboxylic acids is 1. The summed E-state index contributed by atoms with van der Waals surface area (Å²) in [5, 5.41) is 5.95. The largest absolute Gasteiger partial charge is 0.370 e. The van der Waals surface area contributed by atoms with Gasteiger partial charge in [0.05, 0.1) is 0 Å². The molecule has 0 aliphatic heterocycles. The van der Waals surface area contributed by atoms with Gasteiger partial charge in [-0.1, -0.05) is 12.1 Å². The first-order valence-electron chi connectivity index (χ1n) is 7.78. The van der Waals surface area contributed by atoms with Crippen molar-refractivity contribution in [2.45, 2.75) is 6.42 Å². The summed E-state index contributed by atoms with van der Waals surface area (Å²) in [7, 11) is 3.89. The Morgan fingerprint density at radius 2 is 1.92 bits per heavy atom. The van der Waals surface area contributed by atoms with Crippen LogP contribution in [-0.4, -0.2) is 54.5 Å². The van der Waals surface area contributed by atoms with E-state index in [-0.39, 0.29) is 11.7 Å². The molecule has 1 amide bonds. The van der Waals surface area contributed by atoms with Gasteiger partial charge in [-0.2, -0.15) is 0 Å². The fraction of sp³-hybridized carbons (Fsp3) is 0.353. The molecule has 0 bridgehead atoms. The molecule has 0 radical (unpaired) electrons. The van der Waals surface area contributed by atoms with Crippen LogP contribution in [-0.2, 0) is 6.42 Å². The van der Waals surface area contributed by atoms with E-state index in [1.54, 1.807) is 18.2 Å². The normalized spacial score (nSPS) is 10.7. The molecule has 128 valence electrons. The predicted molar refractivity (Wildman–Crippen MR) is 91.5 cm³/mol. The lowest BCUT2D eigenvalue weighted by molar-refractivity contribution is 0.0946. The van der Waals surface area contributed by atoms with Gasteiger partial charge in [0.1, 0.15) is 23.7 Å². The Labute approximate surface area is 141 Å². The van der Waals surface area contributed by atoms with Gasteiger partial charge < -0.3 is 15.5 Å². The van der Waals surface area contributed by atoms with Gasteiger partial charge in [-0.3, -0.25) is 4.79 Å². The second-order valence-corrected chi connectivity index (χ2v) is 5.65. The van der Waals surface area contributed by atoms with E-state index in [0.29, 0.717) is 24.6 Å². The molecule has 0 fully saturated rings. The van der Waals surface area contributed by atoms with Crippen molar-refractivity contribution in [1.82, 2.24) is 20.2 Å². The van der Waals surface area contributed by atoms with E-state index in [2.05, 4.69) is 20.6 Å². The third kappa shape index (κ3) is 5.92. The summed E-state index contributed by atoms with van der Waals surface area (Å²) in [5.74, 6) is 0.123. The van der Waals surface area contributed by atoms with E-state index in [1.807, 2.05) is 19.0 Å². The molecule has 7 heteroatoms. The summed E-state index contributed by atoms with van der Waals surface area (Å²) in [6.07, 6.45) is 2.09. The van der Waals surface area contributed by atoms with Crippen molar-refractivity contribution in [2.24, 2.45) is 0 Å². The van der Waals surface area contributed by atoms with E-state index in [0.717, 1.165) is 18.5 Å². The summed E-state index contributed by atoms with van der Waals surface area (Å²) in [6.45, 7) is 1.95. The van der Waals surface area contributed by atoms with Crippen LogP contribution in [0.3, 0.4) is 0 Å². The highest BCUT2D eigenvalue weighted by Gasteiger charge is 2.08. The monoisotopic (exact) mass is 331 g/mol. The molecule has 1 aromatic carbocycles. The highest BCUT2D eigenvalue weighted by Crippen LogP contribution is 2.06. The molecule has 0 unspecified atom stereocenters. The standard InChI is InChI=1S/C17H22FN5O/c1-23(2)10-9-20-17(24)15-11-16(22-12-21-15)19-8-7-13-3-5-14(18)6-4-13/h3-6,11-12H,7-10H2,1-2H3,(H,20,24)(H,19,21,22). The molecule has 24 heavy (non-hydrogen) atoms. The highest BCUT2D eigenvalue weighted by atomic mass is 19.1. The van der Waals surface area contributed by atoms with Crippen molar-refractivity contribution in [3.8, 4) is 0 Å². The Hall–Kier alpha value is -2.54. The number of carbonyl (C=O) groups is 1. The smallest absolute Gasteiger partial charge is 0.270 e. The SMILES string of the molecule is CN(C)CCNC(=O)c1cc(NCCc2ccc(F)cc2)ncn1. The van der Waals surface area contributed by atoms with Crippen molar-refractivity contribution in [3.05, 3.63) is 53.7 Å². The number of amides is 1. The Bertz CT molecular complexity index is 660. The van der Waals surface area contributed by atoms with Crippen LogP contribution in [0.4, 0.5) is 10.2 Å². The van der Waals surface area contributed by atoms with E-state index in [4.69, 9.17) is 0 Å². The van der Waals surface area contributed by atoms with Crippen molar-refractivity contribution < 1.29 is 9.18 Å². The van der Waals surface area contributed by atoms with Crippen molar-refractivity contribution in [2.75, 3.05) is 39.0 Å². The van der Waals surface area contributed by atoms with E-state index < -0.39 is 0 Å². The molecule has 0 spiro atoms. The number of hydrogen-bond acceptors (Lipinski definition) is 5. The molecular weight excluding hydrogens is 309 g/mol. The van der Waals surface area contributed by atoms with Crippen LogP contribution in [0.1, 0.15) is 16.1 Å². The van der Waals surface area contributed by atoms with Crippen LogP contribution in [0, 0.1) is 5.82 Å². The Balaban J connectivity index is 1.83. The molecule has 2 rings (SSSR count). The zero-order chi connectivity index (χ0) is 17.4. The molecule has 0 aliphatic rings. The molecule has 1 heterocycles. The van der Waals surface area contributed by atoms with Gasteiger partial charge >= 0.3 is 0 Å². The summed E-state index contributed by atoms with van der Waals surface area (Å²) < 4.78 is 12.9. The second kappa shape index (κ2) is 8.93. The van der Waals surface area contributed by atoms with Crippen LogP contribution in [0.15, 0.2) is 36.7 Å². The summed E-state index contributed by atoms with van der Waals surface area (Å²) >= 11 is 0. The molecule has 0 aliphatic carbocycles.